The van der Waals surface area contributed by atoms with Crippen molar-refractivity contribution in [3.05, 3.63) is 107 Å². The summed E-state index contributed by atoms with van der Waals surface area (Å²) in [4.78, 5) is 30.3. The highest BCUT2D eigenvalue weighted by Crippen LogP contribution is 2.44. The van der Waals surface area contributed by atoms with Crippen molar-refractivity contribution in [1.29, 1.82) is 0 Å². The van der Waals surface area contributed by atoms with Crippen LogP contribution in [0.5, 0.6) is 0 Å². The fourth-order valence-corrected chi connectivity index (χ4v) is 6.28. The Labute approximate surface area is 249 Å². The van der Waals surface area contributed by atoms with E-state index in [4.69, 9.17) is 10.3 Å². The number of unbranched alkanes of at least 4 members (excludes halogenated alkanes) is 1. The van der Waals surface area contributed by atoms with Gasteiger partial charge in [0.15, 0.2) is 5.54 Å². The number of nitrogens with one attached hydrogen (secondary N) is 1. The van der Waals surface area contributed by atoms with Crippen molar-refractivity contribution in [2.45, 2.75) is 76.4 Å². The van der Waals surface area contributed by atoms with Crippen LogP contribution in [-0.4, -0.2) is 30.1 Å². The summed E-state index contributed by atoms with van der Waals surface area (Å²) in [7, 11) is 0. The molecule has 1 aliphatic carbocycles. The molecule has 3 aromatic carbocycles. The maximum absolute atomic E-state index is 14.2. The molecular weight excluding hydrogens is 524 g/mol. The van der Waals surface area contributed by atoms with Gasteiger partial charge >= 0.3 is 5.97 Å². The monoisotopic (exact) mass is 566 g/mol. The highest BCUT2D eigenvalue weighted by atomic mass is 16.5. The summed E-state index contributed by atoms with van der Waals surface area (Å²) in [5.41, 5.74) is 8.64. The van der Waals surface area contributed by atoms with E-state index < -0.39 is 11.5 Å². The Morgan fingerprint density at radius 2 is 1.76 bits per heavy atom. The molecule has 42 heavy (non-hydrogen) atoms. The Hall–Kier alpha value is -4.09. The molecule has 1 saturated carbocycles. The lowest BCUT2D eigenvalue weighted by Gasteiger charge is -2.45. The number of azide groups is 1. The van der Waals surface area contributed by atoms with E-state index in [-0.39, 0.29) is 29.8 Å². The lowest BCUT2D eigenvalue weighted by atomic mass is 9.64. The molecule has 0 spiro atoms. The topological polar surface area (TPSA) is 104 Å². The first-order valence-electron chi connectivity index (χ1n) is 14.9. The smallest absolute Gasteiger partial charge is 0.336 e. The maximum Gasteiger partial charge on any atom is 0.336 e. The third-order valence-corrected chi connectivity index (χ3v) is 8.96. The number of hydrogen-bond donors (Lipinski definition) is 1. The summed E-state index contributed by atoms with van der Waals surface area (Å²) < 4.78 is 6.43. The molecule has 0 aliphatic heterocycles. The minimum absolute atomic E-state index is 0.0936. The van der Waals surface area contributed by atoms with Crippen LogP contribution in [0.15, 0.2) is 90.6 Å². The van der Waals surface area contributed by atoms with Gasteiger partial charge in [-0.15, -0.1) is 6.58 Å². The SMILES string of the molecule is C=C[C@@](CCCCN=[N+]=[N-])(NC(=O)c1ccccc1)C(=O)O[C@@H]1C[C@H](C)CC[C@H]1C(C)(C)c1ccc2ccccc2c1. The Kier molecular flexibility index (Phi) is 10.1. The van der Waals surface area contributed by atoms with Gasteiger partial charge < -0.3 is 10.1 Å². The van der Waals surface area contributed by atoms with Crippen LogP contribution < -0.4 is 5.32 Å². The molecule has 0 radical (unpaired) electrons. The third kappa shape index (κ3) is 7.03. The molecule has 7 heteroatoms. The zero-order valence-electron chi connectivity index (χ0n) is 25.0. The van der Waals surface area contributed by atoms with E-state index >= 15 is 0 Å². The zero-order chi connectivity index (χ0) is 30.2. The van der Waals surface area contributed by atoms with Gasteiger partial charge in [0.1, 0.15) is 6.10 Å². The second kappa shape index (κ2) is 13.7. The summed E-state index contributed by atoms with van der Waals surface area (Å²) in [6, 6.07) is 23.8. The first kappa shape index (κ1) is 30.9. The average Bonchev–Trinajstić information content (AvgIpc) is 3.00. The third-order valence-electron chi connectivity index (χ3n) is 8.96. The number of ether oxygens (including phenoxy) is 1. The summed E-state index contributed by atoms with van der Waals surface area (Å²) in [5.74, 6) is -0.361. The van der Waals surface area contributed by atoms with Crippen LogP contribution in [0.25, 0.3) is 21.2 Å². The Morgan fingerprint density at radius 1 is 1.05 bits per heavy atom. The number of esters is 1. The highest BCUT2D eigenvalue weighted by molar-refractivity contribution is 5.99. The van der Waals surface area contributed by atoms with Crippen molar-refractivity contribution in [1.82, 2.24) is 5.32 Å². The number of carbonyl (C=O) groups is 2. The molecule has 1 aliphatic rings. The first-order valence-corrected chi connectivity index (χ1v) is 14.9. The van der Waals surface area contributed by atoms with Crippen LogP contribution in [0.2, 0.25) is 0 Å². The molecule has 0 aromatic heterocycles. The molecule has 0 heterocycles. The molecule has 0 saturated heterocycles. The number of benzene rings is 3. The minimum Gasteiger partial charge on any atom is -0.460 e. The average molecular weight is 567 g/mol. The van der Waals surface area contributed by atoms with E-state index in [1.54, 1.807) is 24.3 Å². The number of hydrogen-bond acceptors (Lipinski definition) is 4. The van der Waals surface area contributed by atoms with E-state index in [9.17, 15) is 9.59 Å². The fraction of sp³-hybridized carbons (Fsp3) is 0.429. The van der Waals surface area contributed by atoms with Gasteiger partial charge in [-0.05, 0) is 71.0 Å². The first-order chi connectivity index (χ1) is 20.2. The largest absolute Gasteiger partial charge is 0.460 e. The molecule has 4 atom stereocenters. The molecule has 1 amide bonds. The standard InChI is InChI=1S/C35H42N4O3/c1-5-35(21-11-12-22-37-39-36,38-32(40)27-14-7-6-8-15-27)33(41)42-31-23-25(2)17-20-30(31)34(3,4)29-19-18-26-13-9-10-16-28(26)24-29/h5-10,13-16,18-19,24-25,30-31H,1,11-12,17,20-23H2,2-4H3,(H,38,40)/t25-,30-,31-,35+/m1/s1. The molecule has 220 valence electrons. The van der Waals surface area contributed by atoms with Crippen LogP contribution in [0.3, 0.4) is 0 Å². The highest BCUT2D eigenvalue weighted by Gasteiger charge is 2.45. The second-order valence-corrected chi connectivity index (χ2v) is 12.2. The van der Waals surface area contributed by atoms with Gasteiger partial charge in [-0.1, -0.05) is 105 Å². The predicted molar refractivity (Wildman–Crippen MR) is 168 cm³/mol. The van der Waals surface area contributed by atoms with Crippen LogP contribution in [0.4, 0.5) is 0 Å². The molecule has 0 bridgehead atoms. The molecule has 1 fully saturated rings. The van der Waals surface area contributed by atoms with E-state index in [1.807, 2.05) is 12.1 Å². The van der Waals surface area contributed by atoms with E-state index in [0.717, 1.165) is 19.3 Å². The van der Waals surface area contributed by atoms with Crippen LogP contribution in [0, 0.1) is 11.8 Å². The van der Waals surface area contributed by atoms with Gasteiger partial charge in [-0.25, -0.2) is 4.79 Å². The fourth-order valence-electron chi connectivity index (χ4n) is 6.28. The normalized spacial score (nSPS) is 20.1. The number of carbonyl (C=O) groups excluding carboxylic acids is 2. The molecular formula is C35H42N4O3. The second-order valence-electron chi connectivity index (χ2n) is 12.2. The lowest BCUT2D eigenvalue weighted by molar-refractivity contribution is -0.162. The number of fused-ring (bicyclic) bond motifs is 1. The molecule has 3 aromatic rings. The Morgan fingerprint density at radius 3 is 2.48 bits per heavy atom. The van der Waals surface area contributed by atoms with E-state index in [1.165, 1.54) is 22.4 Å². The zero-order valence-corrected chi connectivity index (χ0v) is 25.0. The van der Waals surface area contributed by atoms with Crippen molar-refractivity contribution in [2.75, 3.05) is 6.54 Å². The Bertz CT molecular complexity index is 1450. The van der Waals surface area contributed by atoms with Crippen LogP contribution in [-0.2, 0) is 14.9 Å². The van der Waals surface area contributed by atoms with Gasteiger partial charge in [0.05, 0.1) is 0 Å². The summed E-state index contributed by atoms with van der Waals surface area (Å²) in [6.45, 7) is 11.0. The number of amides is 1. The van der Waals surface area contributed by atoms with Gasteiger partial charge in [0, 0.05) is 22.9 Å². The molecule has 1 N–H and O–H groups in total. The van der Waals surface area contributed by atoms with E-state index in [0.29, 0.717) is 30.9 Å². The van der Waals surface area contributed by atoms with Crippen molar-refractivity contribution >= 4 is 22.6 Å². The van der Waals surface area contributed by atoms with Crippen LogP contribution in [0.1, 0.15) is 75.2 Å². The van der Waals surface area contributed by atoms with Crippen molar-refractivity contribution in [2.24, 2.45) is 17.0 Å². The van der Waals surface area contributed by atoms with Gasteiger partial charge in [0.2, 0.25) is 0 Å². The molecule has 7 nitrogen and oxygen atoms in total. The maximum atomic E-state index is 14.2. The summed E-state index contributed by atoms with van der Waals surface area (Å²) in [5, 5.41) is 8.95. The summed E-state index contributed by atoms with van der Waals surface area (Å²) in [6.07, 6.45) is 5.34. The van der Waals surface area contributed by atoms with Crippen molar-refractivity contribution in [3.63, 3.8) is 0 Å². The Balaban J connectivity index is 1.61. The minimum atomic E-state index is -1.42. The number of rotatable bonds is 12. The molecule has 0 unspecified atom stereocenters. The van der Waals surface area contributed by atoms with Gasteiger partial charge in [-0.3, -0.25) is 4.79 Å². The van der Waals surface area contributed by atoms with Crippen molar-refractivity contribution in [3.8, 4) is 0 Å². The van der Waals surface area contributed by atoms with Gasteiger partial charge in [0.25, 0.3) is 5.91 Å². The van der Waals surface area contributed by atoms with Gasteiger partial charge in [-0.2, -0.15) is 0 Å². The van der Waals surface area contributed by atoms with Crippen LogP contribution >= 0.6 is 0 Å². The van der Waals surface area contributed by atoms with Crippen molar-refractivity contribution < 1.29 is 14.3 Å². The van der Waals surface area contributed by atoms with E-state index in [2.05, 4.69) is 79.1 Å². The predicted octanol–water partition coefficient (Wildman–Crippen LogP) is 8.30. The summed E-state index contributed by atoms with van der Waals surface area (Å²) >= 11 is 0. The number of nitrogens with zero attached hydrogens (tertiary/aromatic N) is 3. The quantitative estimate of drug-likeness (QED) is 0.0595. The molecule has 4 rings (SSSR count). The lowest BCUT2D eigenvalue weighted by Crippen LogP contribution is -2.56.